The van der Waals surface area contributed by atoms with Crippen molar-refractivity contribution in [3.8, 4) is 0 Å². The van der Waals surface area contributed by atoms with Crippen molar-refractivity contribution in [1.82, 2.24) is 10.3 Å². The van der Waals surface area contributed by atoms with E-state index in [0.717, 1.165) is 21.5 Å². The molecule has 1 aromatic heterocycles. The maximum atomic E-state index is 6.45. The molecule has 2 nitrogen and oxygen atoms in total. The van der Waals surface area contributed by atoms with Gasteiger partial charge < -0.3 is 5.32 Å². The van der Waals surface area contributed by atoms with E-state index in [-0.39, 0.29) is 6.04 Å². The van der Waals surface area contributed by atoms with Crippen LogP contribution in [0, 0.1) is 6.92 Å². The molecular weight excluding hydrogens is 280 g/mol. The van der Waals surface area contributed by atoms with Crippen molar-refractivity contribution in [3.63, 3.8) is 0 Å². The smallest absolute Gasteiger partial charge is 0.0595 e. The highest BCUT2D eigenvalue weighted by Crippen LogP contribution is 2.32. The van der Waals surface area contributed by atoms with Crippen LogP contribution in [0.2, 0.25) is 5.02 Å². The zero-order valence-electron chi connectivity index (χ0n) is 12.1. The molecule has 0 aliphatic rings. The normalized spacial score (nSPS) is 12.5. The second kappa shape index (κ2) is 5.84. The molecule has 1 unspecified atom stereocenters. The fourth-order valence-corrected chi connectivity index (χ4v) is 3.08. The average molecular weight is 297 g/mol. The molecule has 106 valence electrons. The average Bonchev–Trinajstić information content (AvgIpc) is 2.50. The van der Waals surface area contributed by atoms with Gasteiger partial charge in [-0.1, -0.05) is 41.9 Å². The highest BCUT2D eigenvalue weighted by molar-refractivity contribution is 6.31. The minimum atomic E-state index is 0.0472. The highest BCUT2D eigenvalue weighted by atomic mass is 35.5. The maximum absolute atomic E-state index is 6.45. The highest BCUT2D eigenvalue weighted by Gasteiger charge is 2.17. The molecule has 0 saturated heterocycles. The molecule has 2 aromatic carbocycles. The van der Waals surface area contributed by atoms with Gasteiger partial charge in [-0.2, -0.15) is 0 Å². The van der Waals surface area contributed by atoms with Gasteiger partial charge in [-0.25, -0.2) is 0 Å². The van der Waals surface area contributed by atoms with Crippen molar-refractivity contribution in [2.45, 2.75) is 13.0 Å². The monoisotopic (exact) mass is 296 g/mol. The van der Waals surface area contributed by atoms with Crippen LogP contribution in [0.15, 0.2) is 54.9 Å². The third-order valence-corrected chi connectivity index (χ3v) is 4.11. The van der Waals surface area contributed by atoms with E-state index in [1.54, 1.807) is 0 Å². The number of nitrogens with zero attached hydrogens (tertiary/aromatic N) is 1. The van der Waals surface area contributed by atoms with Crippen molar-refractivity contribution < 1.29 is 0 Å². The number of nitrogens with one attached hydrogen (secondary N) is 1. The van der Waals surface area contributed by atoms with Crippen LogP contribution in [0.5, 0.6) is 0 Å². The van der Waals surface area contributed by atoms with Gasteiger partial charge in [0.25, 0.3) is 0 Å². The standard InChI is InChI=1S/C18H17ClN2/c1-12-6-7-15(17(19)10-12)18(20-2)14-5-3-4-13-8-9-21-11-16(13)14/h3-11,18,20H,1-2H3. The summed E-state index contributed by atoms with van der Waals surface area (Å²) in [5.41, 5.74) is 3.44. The second-order valence-corrected chi connectivity index (χ2v) is 5.60. The third kappa shape index (κ3) is 2.65. The van der Waals surface area contributed by atoms with Crippen molar-refractivity contribution in [2.75, 3.05) is 7.05 Å². The fourth-order valence-electron chi connectivity index (χ4n) is 2.73. The Morgan fingerprint density at radius 2 is 1.95 bits per heavy atom. The molecule has 3 heteroatoms. The van der Waals surface area contributed by atoms with Gasteiger partial charge >= 0.3 is 0 Å². The van der Waals surface area contributed by atoms with Gasteiger partial charge in [-0.15, -0.1) is 0 Å². The van der Waals surface area contributed by atoms with E-state index in [4.69, 9.17) is 11.6 Å². The summed E-state index contributed by atoms with van der Waals surface area (Å²) in [7, 11) is 1.95. The number of halogens is 1. The summed E-state index contributed by atoms with van der Waals surface area (Å²) in [5, 5.41) is 6.50. The van der Waals surface area contributed by atoms with Gasteiger partial charge in [-0.3, -0.25) is 4.98 Å². The van der Waals surface area contributed by atoms with Crippen LogP contribution < -0.4 is 5.32 Å². The first-order valence-electron chi connectivity index (χ1n) is 6.96. The molecule has 0 aliphatic heterocycles. The summed E-state index contributed by atoms with van der Waals surface area (Å²) < 4.78 is 0. The summed E-state index contributed by atoms with van der Waals surface area (Å²) in [5.74, 6) is 0. The zero-order chi connectivity index (χ0) is 14.8. The van der Waals surface area contributed by atoms with Crippen LogP contribution in [0.3, 0.4) is 0 Å². The number of hydrogen-bond acceptors (Lipinski definition) is 2. The van der Waals surface area contributed by atoms with Gasteiger partial charge in [0.05, 0.1) is 6.04 Å². The van der Waals surface area contributed by atoms with E-state index in [9.17, 15) is 0 Å². The van der Waals surface area contributed by atoms with E-state index in [1.807, 2.05) is 38.5 Å². The van der Waals surface area contributed by atoms with Crippen molar-refractivity contribution in [3.05, 3.63) is 76.6 Å². The number of aromatic nitrogens is 1. The number of aryl methyl sites for hydroxylation is 1. The van der Waals surface area contributed by atoms with Gasteiger partial charge in [-0.05, 0) is 48.2 Å². The summed E-state index contributed by atoms with van der Waals surface area (Å²) >= 11 is 6.45. The minimum absolute atomic E-state index is 0.0472. The first kappa shape index (κ1) is 14.1. The Labute approximate surface area is 129 Å². The largest absolute Gasteiger partial charge is 0.309 e. The quantitative estimate of drug-likeness (QED) is 0.769. The SMILES string of the molecule is CNC(c1ccc(C)cc1Cl)c1cccc2ccncc12. The van der Waals surface area contributed by atoms with Gasteiger partial charge in [0.15, 0.2) is 0 Å². The predicted molar refractivity (Wildman–Crippen MR) is 88.8 cm³/mol. The molecule has 1 N–H and O–H groups in total. The van der Waals surface area contributed by atoms with Crippen LogP contribution in [0.25, 0.3) is 10.8 Å². The molecule has 0 saturated carbocycles. The summed E-state index contributed by atoms with van der Waals surface area (Å²) in [4.78, 5) is 4.26. The molecule has 1 atom stereocenters. The summed E-state index contributed by atoms with van der Waals surface area (Å²) in [6.45, 7) is 2.05. The van der Waals surface area contributed by atoms with Crippen LogP contribution in [0.4, 0.5) is 0 Å². The summed E-state index contributed by atoms with van der Waals surface area (Å²) in [6.07, 6.45) is 3.73. The first-order valence-corrected chi connectivity index (χ1v) is 7.34. The lowest BCUT2D eigenvalue weighted by Gasteiger charge is -2.20. The molecular formula is C18H17ClN2. The van der Waals surface area contributed by atoms with Gasteiger partial charge in [0, 0.05) is 22.8 Å². The second-order valence-electron chi connectivity index (χ2n) is 5.19. The minimum Gasteiger partial charge on any atom is -0.309 e. The molecule has 21 heavy (non-hydrogen) atoms. The fraction of sp³-hybridized carbons (Fsp3) is 0.167. The molecule has 0 bridgehead atoms. The lowest BCUT2D eigenvalue weighted by atomic mass is 9.94. The molecule has 0 spiro atoms. The van der Waals surface area contributed by atoms with E-state index in [2.05, 4.69) is 40.6 Å². The lowest BCUT2D eigenvalue weighted by Crippen LogP contribution is -2.18. The molecule has 1 heterocycles. The Morgan fingerprint density at radius 3 is 2.71 bits per heavy atom. The lowest BCUT2D eigenvalue weighted by molar-refractivity contribution is 0.696. The molecule has 3 rings (SSSR count). The number of fused-ring (bicyclic) bond motifs is 1. The Bertz CT molecular complexity index is 778. The maximum Gasteiger partial charge on any atom is 0.0595 e. The Kier molecular flexibility index (Phi) is 3.91. The molecule has 0 aliphatic carbocycles. The Morgan fingerprint density at radius 1 is 1.10 bits per heavy atom. The number of hydrogen-bond donors (Lipinski definition) is 1. The van der Waals surface area contributed by atoms with E-state index < -0.39 is 0 Å². The van der Waals surface area contributed by atoms with E-state index in [0.29, 0.717) is 0 Å². The van der Waals surface area contributed by atoms with Crippen molar-refractivity contribution in [2.24, 2.45) is 0 Å². The first-order chi connectivity index (χ1) is 10.2. The van der Waals surface area contributed by atoms with Crippen LogP contribution in [-0.4, -0.2) is 12.0 Å². The van der Waals surface area contributed by atoms with Crippen LogP contribution in [-0.2, 0) is 0 Å². The zero-order valence-corrected chi connectivity index (χ0v) is 12.9. The number of pyridine rings is 1. The van der Waals surface area contributed by atoms with Crippen molar-refractivity contribution in [1.29, 1.82) is 0 Å². The predicted octanol–water partition coefficient (Wildman–Crippen LogP) is 4.51. The van der Waals surface area contributed by atoms with E-state index >= 15 is 0 Å². The molecule has 3 aromatic rings. The van der Waals surface area contributed by atoms with Gasteiger partial charge in [0.1, 0.15) is 0 Å². The molecule has 0 fully saturated rings. The topological polar surface area (TPSA) is 24.9 Å². The van der Waals surface area contributed by atoms with Crippen molar-refractivity contribution >= 4 is 22.4 Å². The van der Waals surface area contributed by atoms with E-state index in [1.165, 1.54) is 10.9 Å². The number of benzene rings is 2. The Balaban J connectivity index is 2.18. The molecule has 0 amide bonds. The number of rotatable bonds is 3. The van der Waals surface area contributed by atoms with Crippen LogP contribution in [0.1, 0.15) is 22.7 Å². The summed E-state index contributed by atoms with van der Waals surface area (Å²) in [6, 6.07) is 14.6. The molecule has 0 radical (unpaired) electrons. The third-order valence-electron chi connectivity index (χ3n) is 3.78. The van der Waals surface area contributed by atoms with Gasteiger partial charge in [0.2, 0.25) is 0 Å². The van der Waals surface area contributed by atoms with Crippen LogP contribution >= 0.6 is 11.6 Å². The Hall–Kier alpha value is -1.90.